The van der Waals surface area contributed by atoms with Crippen molar-refractivity contribution >= 4 is 5.97 Å². The number of ether oxygens (including phenoxy) is 2. The summed E-state index contributed by atoms with van der Waals surface area (Å²) >= 11 is 0. The molecule has 0 bridgehead atoms. The fourth-order valence-electron chi connectivity index (χ4n) is 2.45. The summed E-state index contributed by atoms with van der Waals surface area (Å²) in [4.78, 5) is 12.9. The summed E-state index contributed by atoms with van der Waals surface area (Å²) in [5.41, 5.74) is 1.51. The molecule has 6 heteroatoms. The largest absolute Gasteiger partial charge is 0.496 e. The topological polar surface area (TPSA) is 82.8 Å². The van der Waals surface area contributed by atoms with E-state index in [0.717, 1.165) is 17.9 Å². The zero-order chi connectivity index (χ0) is 15.2. The van der Waals surface area contributed by atoms with E-state index in [1.807, 2.05) is 0 Å². The Labute approximate surface area is 123 Å². The Kier molecular flexibility index (Phi) is 5.14. The maximum Gasteiger partial charge on any atom is 0.306 e. The van der Waals surface area contributed by atoms with E-state index in [4.69, 9.17) is 19.8 Å². The molecule has 0 radical (unpaired) electrons. The number of rotatable bonds is 5. The van der Waals surface area contributed by atoms with Gasteiger partial charge in [0.05, 0.1) is 37.9 Å². The number of carboxylic acids is 1. The van der Waals surface area contributed by atoms with Gasteiger partial charge in [0, 0.05) is 25.2 Å². The minimum Gasteiger partial charge on any atom is -0.496 e. The molecule has 0 spiro atoms. The molecule has 0 amide bonds. The molecule has 1 atom stereocenters. The van der Waals surface area contributed by atoms with Crippen molar-refractivity contribution in [3.8, 4) is 11.8 Å². The minimum atomic E-state index is -0.856. The molecule has 21 heavy (non-hydrogen) atoms. The highest BCUT2D eigenvalue weighted by Gasteiger charge is 2.23. The van der Waals surface area contributed by atoms with Crippen molar-refractivity contribution in [3.63, 3.8) is 0 Å². The van der Waals surface area contributed by atoms with E-state index < -0.39 is 5.97 Å². The van der Waals surface area contributed by atoms with Gasteiger partial charge < -0.3 is 14.6 Å². The van der Waals surface area contributed by atoms with Gasteiger partial charge in [0.2, 0.25) is 0 Å². The van der Waals surface area contributed by atoms with Crippen LogP contribution in [0.25, 0.3) is 0 Å². The van der Waals surface area contributed by atoms with E-state index in [1.165, 1.54) is 0 Å². The first-order chi connectivity index (χ1) is 10.1. The fraction of sp³-hybridized carbons (Fsp3) is 0.467. The van der Waals surface area contributed by atoms with Crippen LogP contribution in [0.4, 0.5) is 0 Å². The smallest absolute Gasteiger partial charge is 0.306 e. The maximum absolute atomic E-state index is 10.8. The summed E-state index contributed by atoms with van der Waals surface area (Å²) in [5, 5.41) is 17.8. The lowest BCUT2D eigenvalue weighted by atomic mass is 10.1. The van der Waals surface area contributed by atoms with Gasteiger partial charge in [-0.1, -0.05) is 0 Å². The van der Waals surface area contributed by atoms with Gasteiger partial charge in [-0.15, -0.1) is 0 Å². The highest BCUT2D eigenvalue weighted by molar-refractivity contribution is 5.67. The number of hydrogen-bond acceptors (Lipinski definition) is 5. The van der Waals surface area contributed by atoms with Gasteiger partial charge in [-0.25, -0.2) is 0 Å². The van der Waals surface area contributed by atoms with Crippen LogP contribution >= 0.6 is 0 Å². The first-order valence-electron chi connectivity index (χ1n) is 6.75. The number of nitrogens with zero attached hydrogens (tertiary/aromatic N) is 2. The molecule has 2 rings (SSSR count). The Balaban J connectivity index is 2.07. The summed E-state index contributed by atoms with van der Waals surface area (Å²) in [6.45, 7) is 2.42. The number of methoxy groups -OCH3 is 1. The van der Waals surface area contributed by atoms with Crippen LogP contribution in [-0.4, -0.2) is 48.9 Å². The first kappa shape index (κ1) is 15.3. The van der Waals surface area contributed by atoms with Crippen LogP contribution in [0.2, 0.25) is 0 Å². The maximum atomic E-state index is 10.8. The van der Waals surface area contributed by atoms with E-state index in [1.54, 1.807) is 25.3 Å². The molecule has 0 aromatic heterocycles. The van der Waals surface area contributed by atoms with Crippen molar-refractivity contribution in [2.45, 2.75) is 19.1 Å². The van der Waals surface area contributed by atoms with Gasteiger partial charge in [0.15, 0.2) is 0 Å². The van der Waals surface area contributed by atoms with Crippen LogP contribution in [0, 0.1) is 11.3 Å². The molecule has 112 valence electrons. The third kappa shape index (κ3) is 4.18. The normalized spacial score (nSPS) is 19.0. The van der Waals surface area contributed by atoms with Gasteiger partial charge in [-0.3, -0.25) is 9.69 Å². The molecule has 1 heterocycles. The van der Waals surface area contributed by atoms with Gasteiger partial charge in [0.25, 0.3) is 0 Å². The molecule has 6 nitrogen and oxygen atoms in total. The van der Waals surface area contributed by atoms with Crippen LogP contribution < -0.4 is 4.74 Å². The lowest BCUT2D eigenvalue weighted by Gasteiger charge is -2.32. The number of carbonyl (C=O) groups is 1. The summed E-state index contributed by atoms with van der Waals surface area (Å²) in [5.74, 6) is -0.124. The molecule has 1 saturated heterocycles. The average molecular weight is 290 g/mol. The first-order valence-corrected chi connectivity index (χ1v) is 6.75. The van der Waals surface area contributed by atoms with Crippen molar-refractivity contribution in [2.75, 3.05) is 26.8 Å². The zero-order valence-electron chi connectivity index (χ0n) is 11.9. The third-order valence-electron chi connectivity index (χ3n) is 3.43. The summed E-state index contributed by atoms with van der Waals surface area (Å²) in [6.07, 6.45) is -0.285. The van der Waals surface area contributed by atoms with Crippen molar-refractivity contribution < 1.29 is 19.4 Å². The molecular formula is C15H18N2O4. The number of hydrogen-bond donors (Lipinski definition) is 1. The van der Waals surface area contributed by atoms with Gasteiger partial charge in [0.1, 0.15) is 5.75 Å². The van der Waals surface area contributed by atoms with E-state index in [-0.39, 0.29) is 12.5 Å². The van der Waals surface area contributed by atoms with Gasteiger partial charge >= 0.3 is 5.97 Å². The van der Waals surface area contributed by atoms with E-state index >= 15 is 0 Å². The monoisotopic (exact) mass is 290 g/mol. The Hall–Kier alpha value is -2.10. The lowest BCUT2D eigenvalue weighted by molar-refractivity contribution is -0.142. The van der Waals surface area contributed by atoms with E-state index in [0.29, 0.717) is 25.3 Å². The van der Waals surface area contributed by atoms with Crippen LogP contribution in [0.1, 0.15) is 17.5 Å². The summed E-state index contributed by atoms with van der Waals surface area (Å²) < 4.78 is 10.8. The highest BCUT2D eigenvalue weighted by atomic mass is 16.5. The minimum absolute atomic E-state index is 0.00582. The summed E-state index contributed by atoms with van der Waals surface area (Å²) in [6, 6.07) is 7.42. The Morgan fingerprint density at radius 1 is 1.62 bits per heavy atom. The highest BCUT2D eigenvalue weighted by Crippen LogP contribution is 2.22. The van der Waals surface area contributed by atoms with Crippen molar-refractivity contribution in [1.82, 2.24) is 4.90 Å². The zero-order valence-corrected chi connectivity index (χ0v) is 11.9. The standard InChI is InChI=1S/C15H18N2O4/c1-20-14-3-2-11(8-16)6-12(14)9-17-4-5-21-13(10-17)7-15(18)19/h2-3,6,13H,4-5,7,9-10H2,1H3,(H,18,19). The Bertz CT molecular complexity index is 553. The molecule has 1 unspecified atom stereocenters. The third-order valence-corrected chi connectivity index (χ3v) is 3.43. The predicted octanol–water partition coefficient (Wildman–Crippen LogP) is 1.24. The number of carboxylic acid groups (broad SMARTS) is 1. The molecule has 0 aliphatic carbocycles. The Morgan fingerprint density at radius 2 is 2.43 bits per heavy atom. The van der Waals surface area contributed by atoms with Crippen molar-refractivity contribution in [1.29, 1.82) is 5.26 Å². The van der Waals surface area contributed by atoms with Crippen LogP contribution in [0.15, 0.2) is 18.2 Å². The lowest BCUT2D eigenvalue weighted by Crippen LogP contribution is -2.42. The molecule has 1 aromatic carbocycles. The molecule has 1 fully saturated rings. The average Bonchev–Trinajstić information content (AvgIpc) is 2.47. The number of benzene rings is 1. The number of morpholine rings is 1. The molecule has 1 N–H and O–H groups in total. The SMILES string of the molecule is COc1ccc(C#N)cc1CN1CCOC(CC(=O)O)C1. The van der Waals surface area contributed by atoms with E-state index in [2.05, 4.69) is 11.0 Å². The fourth-order valence-corrected chi connectivity index (χ4v) is 2.45. The quantitative estimate of drug-likeness (QED) is 0.878. The van der Waals surface area contributed by atoms with Gasteiger partial charge in [-0.2, -0.15) is 5.26 Å². The Morgan fingerprint density at radius 3 is 3.10 bits per heavy atom. The van der Waals surface area contributed by atoms with E-state index in [9.17, 15) is 4.79 Å². The molecule has 0 saturated carbocycles. The second-order valence-corrected chi connectivity index (χ2v) is 4.96. The summed E-state index contributed by atoms with van der Waals surface area (Å²) in [7, 11) is 1.59. The van der Waals surface area contributed by atoms with Crippen LogP contribution in [0.3, 0.4) is 0 Å². The van der Waals surface area contributed by atoms with Crippen molar-refractivity contribution in [3.05, 3.63) is 29.3 Å². The van der Waals surface area contributed by atoms with Crippen LogP contribution in [-0.2, 0) is 16.1 Å². The molecule has 1 aliphatic rings. The second-order valence-electron chi connectivity index (χ2n) is 4.96. The molecular weight excluding hydrogens is 272 g/mol. The van der Waals surface area contributed by atoms with Crippen LogP contribution in [0.5, 0.6) is 5.75 Å². The number of aliphatic carboxylic acids is 1. The molecule has 1 aliphatic heterocycles. The predicted molar refractivity (Wildman–Crippen MR) is 75.0 cm³/mol. The second kappa shape index (κ2) is 7.07. The molecule has 1 aromatic rings. The van der Waals surface area contributed by atoms with Crippen molar-refractivity contribution in [2.24, 2.45) is 0 Å². The number of nitriles is 1. The van der Waals surface area contributed by atoms with Gasteiger partial charge in [-0.05, 0) is 18.2 Å².